The van der Waals surface area contributed by atoms with Gasteiger partial charge in [0.1, 0.15) is 22.2 Å². The Morgan fingerprint density at radius 1 is 1.20 bits per heavy atom. The van der Waals surface area contributed by atoms with Gasteiger partial charge >= 0.3 is 0 Å². The SMILES string of the molecule is COCCNS(=O)(=O)c1cc([N+](=O)[O-])ccc1Oc1c(C)c(C(=O)NCc2ccco2)nn1-c1cccc(F)c1. The van der Waals surface area contributed by atoms with Crippen molar-refractivity contribution in [2.75, 3.05) is 20.3 Å². The minimum atomic E-state index is -4.32. The summed E-state index contributed by atoms with van der Waals surface area (Å²) in [6.45, 7) is 1.51. The Bertz CT molecular complexity index is 1640. The van der Waals surface area contributed by atoms with Gasteiger partial charge in [-0.15, -0.1) is 0 Å². The maximum atomic E-state index is 14.1. The fraction of sp³-hybridized carbons (Fsp3) is 0.200. The molecule has 4 aromatic rings. The first-order valence-corrected chi connectivity index (χ1v) is 13.2. The maximum Gasteiger partial charge on any atom is 0.272 e. The maximum absolute atomic E-state index is 14.1. The summed E-state index contributed by atoms with van der Waals surface area (Å²) in [5, 5.41) is 18.4. The number of nitro groups is 1. The predicted octanol–water partition coefficient (Wildman–Crippen LogP) is 3.47. The Hall–Kier alpha value is -4.60. The first-order valence-electron chi connectivity index (χ1n) is 11.7. The van der Waals surface area contributed by atoms with Crippen LogP contribution < -0.4 is 14.8 Å². The van der Waals surface area contributed by atoms with Gasteiger partial charge in [0.25, 0.3) is 11.6 Å². The van der Waals surface area contributed by atoms with E-state index in [-0.39, 0.29) is 48.3 Å². The van der Waals surface area contributed by atoms with Gasteiger partial charge in [-0.1, -0.05) is 6.07 Å². The molecular weight excluding hydrogens is 549 g/mol. The summed E-state index contributed by atoms with van der Waals surface area (Å²) >= 11 is 0. The van der Waals surface area contributed by atoms with E-state index >= 15 is 0 Å². The molecule has 2 aromatic carbocycles. The summed E-state index contributed by atoms with van der Waals surface area (Å²) in [5.41, 5.74) is -0.217. The van der Waals surface area contributed by atoms with E-state index in [4.69, 9.17) is 13.9 Å². The number of amides is 1. The molecule has 0 spiro atoms. The van der Waals surface area contributed by atoms with Gasteiger partial charge in [0.15, 0.2) is 5.69 Å². The lowest BCUT2D eigenvalue weighted by Gasteiger charge is -2.14. The zero-order chi connectivity index (χ0) is 28.9. The van der Waals surface area contributed by atoms with E-state index in [0.29, 0.717) is 5.76 Å². The number of furan rings is 1. The van der Waals surface area contributed by atoms with Crippen LogP contribution in [0.1, 0.15) is 21.8 Å². The number of carbonyl (C=O) groups excluding carboxylic acids is 1. The molecule has 2 aromatic heterocycles. The van der Waals surface area contributed by atoms with Gasteiger partial charge in [0, 0.05) is 31.4 Å². The van der Waals surface area contributed by atoms with Gasteiger partial charge in [-0.25, -0.2) is 17.5 Å². The fourth-order valence-electron chi connectivity index (χ4n) is 3.63. The quantitative estimate of drug-likeness (QED) is 0.146. The van der Waals surface area contributed by atoms with E-state index in [1.165, 1.54) is 38.5 Å². The molecule has 40 heavy (non-hydrogen) atoms. The minimum Gasteiger partial charge on any atom is -0.467 e. The number of hydrogen-bond acceptors (Lipinski definition) is 9. The van der Waals surface area contributed by atoms with Crippen molar-refractivity contribution >= 4 is 21.6 Å². The highest BCUT2D eigenvalue weighted by Crippen LogP contribution is 2.35. The zero-order valence-electron chi connectivity index (χ0n) is 21.3. The van der Waals surface area contributed by atoms with Crippen molar-refractivity contribution in [2.45, 2.75) is 18.4 Å². The number of nitro benzene ring substituents is 1. The second-order valence-corrected chi connectivity index (χ2v) is 10.0. The smallest absolute Gasteiger partial charge is 0.272 e. The molecule has 4 rings (SSSR count). The Morgan fingerprint density at radius 3 is 2.67 bits per heavy atom. The van der Waals surface area contributed by atoms with Crippen LogP contribution in [0.4, 0.5) is 10.1 Å². The van der Waals surface area contributed by atoms with Gasteiger partial charge in [-0.3, -0.25) is 14.9 Å². The average molecular weight is 574 g/mol. The predicted molar refractivity (Wildman–Crippen MR) is 138 cm³/mol. The lowest BCUT2D eigenvalue weighted by Crippen LogP contribution is -2.27. The Morgan fingerprint density at radius 2 is 2.00 bits per heavy atom. The molecule has 0 aliphatic heterocycles. The van der Waals surface area contributed by atoms with Gasteiger partial charge in [-0.2, -0.15) is 9.78 Å². The Kier molecular flexibility index (Phi) is 8.57. The van der Waals surface area contributed by atoms with E-state index in [1.807, 2.05) is 0 Å². The standard InChI is InChI=1S/C25H24FN5O8S/c1-16-23(24(32)27-15-20-7-4-11-38-20)29-30(18-6-3-5-17(26)13-18)25(16)39-21-9-8-19(31(33)34)14-22(21)40(35,36)28-10-12-37-2/h3-9,11,13-14,28H,10,12,15H2,1-2H3,(H,27,32). The molecule has 0 bridgehead atoms. The average Bonchev–Trinajstić information content (AvgIpc) is 3.56. The number of hydrogen-bond donors (Lipinski definition) is 2. The third kappa shape index (κ3) is 6.33. The summed E-state index contributed by atoms with van der Waals surface area (Å²) in [7, 11) is -2.93. The number of benzene rings is 2. The number of nitrogens with zero attached hydrogens (tertiary/aromatic N) is 3. The third-order valence-electron chi connectivity index (χ3n) is 5.57. The van der Waals surface area contributed by atoms with Gasteiger partial charge in [0.05, 0.1) is 30.0 Å². The molecule has 2 N–H and O–H groups in total. The second kappa shape index (κ2) is 12.1. The number of ether oxygens (including phenoxy) is 2. The van der Waals surface area contributed by atoms with Crippen molar-refractivity contribution in [3.8, 4) is 17.3 Å². The number of non-ortho nitro benzene ring substituents is 1. The number of nitrogens with one attached hydrogen (secondary N) is 2. The molecule has 0 fully saturated rings. The van der Waals surface area contributed by atoms with Gasteiger partial charge in [-0.05, 0) is 43.3 Å². The van der Waals surface area contributed by atoms with Crippen LogP contribution in [0.2, 0.25) is 0 Å². The summed E-state index contributed by atoms with van der Waals surface area (Å²) < 4.78 is 59.8. The van der Waals surface area contributed by atoms with Crippen LogP contribution in [0.3, 0.4) is 0 Å². The van der Waals surface area contributed by atoms with Crippen molar-refractivity contribution in [2.24, 2.45) is 0 Å². The first-order chi connectivity index (χ1) is 19.1. The molecule has 0 unspecified atom stereocenters. The lowest BCUT2D eigenvalue weighted by molar-refractivity contribution is -0.385. The van der Waals surface area contributed by atoms with Crippen molar-refractivity contribution in [1.29, 1.82) is 0 Å². The largest absolute Gasteiger partial charge is 0.467 e. The molecule has 0 saturated heterocycles. The second-order valence-electron chi connectivity index (χ2n) is 8.31. The van der Waals surface area contributed by atoms with E-state index in [9.17, 15) is 27.7 Å². The zero-order valence-corrected chi connectivity index (χ0v) is 22.1. The van der Waals surface area contributed by atoms with E-state index < -0.39 is 37.3 Å². The van der Waals surface area contributed by atoms with Gasteiger partial charge in [0.2, 0.25) is 15.9 Å². The highest BCUT2D eigenvalue weighted by Gasteiger charge is 2.28. The van der Waals surface area contributed by atoms with Crippen LogP contribution >= 0.6 is 0 Å². The Labute approximate surface area is 227 Å². The fourth-order valence-corrected chi connectivity index (χ4v) is 4.79. The summed E-state index contributed by atoms with van der Waals surface area (Å²) in [5.74, 6) is -1.11. The lowest BCUT2D eigenvalue weighted by atomic mass is 10.2. The molecule has 0 saturated carbocycles. The summed E-state index contributed by atoms with van der Waals surface area (Å²) in [4.78, 5) is 23.1. The highest BCUT2D eigenvalue weighted by atomic mass is 32.2. The number of sulfonamides is 1. The van der Waals surface area contributed by atoms with Crippen LogP contribution in [0.15, 0.2) is 70.2 Å². The Balaban J connectivity index is 1.79. The molecule has 0 aliphatic rings. The molecule has 1 amide bonds. The molecular formula is C25H24FN5O8S. The number of carbonyl (C=O) groups is 1. The number of halogens is 1. The third-order valence-corrected chi connectivity index (χ3v) is 7.05. The van der Waals surface area contributed by atoms with Crippen molar-refractivity contribution in [3.63, 3.8) is 0 Å². The summed E-state index contributed by atoms with van der Waals surface area (Å²) in [6, 6.07) is 11.6. The monoisotopic (exact) mass is 573 g/mol. The number of rotatable bonds is 12. The molecule has 210 valence electrons. The first kappa shape index (κ1) is 28.4. The van der Waals surface area contributed by atoms with Crippen molar-refractivity contribution < 1.29 is 36.4 Å². The topological polar surface area (TPSA) is 168 Å². The van der Waals surface area contributed by atoms with Crippen LogP contribution in [-0.2, 0) is 21.3 Å². The normalized spacial score (nSPS) is 11.4. The van der Waals surface area contributed by atoms with E-state index in [0.717, 1.165) is 28.9 Å². The molecule has 2 heterocycles. The molecule has 0 atom stereocenters. The summed E-state index contributed by atoms with van der Waals surface area (Å²) in [6.07, 6.45) is 1.46. The molecule has 0 aliphatic carbocycles. The van der Waals surface area contributed by atoms with Crippen LogP contribution in [-0.4, -0.2) is 49.3 Å². The van der Waals surface area contributed by atoms with E-state index in [2.05, 4.69) is 15.1 Å². The van der Waals surface area contributed by atoms with Crippen LogP contribution in [0.25, 0.3) is 5.69 Å². The number of methoxy groups -OCH3 is 1. The highest BCUT2D eigenvalue weighted by molar-refractivity contribution is 7.89. The molecule has 15 heteroatoms. The van der Waals surface area contributed by atoms with E-state index in [1.54, 1.807) is 12.1 Å². The molecule has 0 radical (unpaired) electrons. The van der Waals surface area contributed by atoms with Crippen LogP contribution in [0, 0.1) is 22.9 Å². The number of aromatic nitrogens is 2. The van der Waals surface area contributed by atoms with Gasteiger partial charge < -0.3 is 19.2 Å². The van der Waals surface area contributed by atoms with Crippen molar-refractivity contribution in [1.82, 2.24) is 19.8 Å². The molecule has 13 nitrogen and oxygen atoms in total. The minimum absolute atomic E-state index is 0.0479. The van der Waals surface area contributed by atoms with Crippen molar-refractivity contribution in [3.05, 3.63) is 93.8 Å². The van der Waals surface area contributed by atoms with Crippen LogP contribution in [0.5, 0.6) is 11.6 Å².